The smallest absolute Gasteiger partial charge is 0.207 e. The second kappa shape index (κ2) is 5.98. The highest BCUT2D eigenvalue weighted by molar-refractivity contribution is 7.89. The molecule has 2 aromatic carbocycles. The molecule has 1 aliphatic rings. The van der Waals surface area contributed by atoms with Crippen molar-refractivity contribution < 1.29 is 8.42 Å². The lowest BCUT2D eigenvalue weighted by molar-refractivity contribution is 0.507. The molecule has 0 bridgehead atoms. The van der Waals surface area contributed by atoms with Gasteiger partial charge in [0.2, 0.25) is 10.0 Å². The van der Waals surface area contributed by atoms with Crippen molar-refractivity contribution in [2.24, 2.45) is 5.18 Å². The van der Waals surface area contributed by atoms with Crippen LogP contribution in [0.15, 0.2) is 58.6 Å². The van der Waals surface area contributed by atoms with E-state index in [1.165, 1.54) is 29.8 Å². The molecule has 0 amide bonds. The van der Waals surface area contributed by atoms with Crippen molar-refractivity contribution in [3.63, 3.8) is 0 Å². The third kappa shape index (κ3) is 2.93. The molecule has 1 atom stereocenters. The summed E-state index contributed by atoms with van der Waals surface area (Å²) in [5, 5.41) is 2.77. The van der Waals surface area contributed by atoms with Crippen molar-refractivity contribution in [2.75, 3.05) is 0 Å². The van der Waals surface area contributed by atoms with Crippen molar-refractivity contribution in [1.82, 2.24) is 4.72 Å². The Bertz CT molecular complexity index is 785. The second-order valence-electron chi connectivity index (χ2n) is 5.35. The summed E-state index contributed by atoms with van der Waals surface area (Å²) in [6.45, 7) is 0. The van der Waals surface area contributed by atoms with E-state index in [0.29, 0.717) is 0 Å². The van der Waals surface area contributed by atoms with Gasteiger partial charge in [0.05, 0.1) is 4.90 Å². The average Bonchev–Trinajstić information content (AvgIpc) is 2.55. The van der Waals surface area contributed by atoms with Crippen LogP contribution in [0.4, 0.5) is 5.69 Å². The number of fused-ring (bicyclic) bond motifs is 1. The van der Waals surface area contributed by atoms with Crippen LogP contribution in [0.3, 0.4) is 0 Å². The van der Waals surface area contributed by atoms with Gasteiger partial charge in [0.15, 0.2) is 0 Å². The number of aryl methyl sites for hydroxylation is 1. The Balaban J connectivity index is 1.87. The second-order valence-corrected chi connectivity index (χ2v) is 7.06. The molecule has 0 spiro atoms. The van der Waals surface area contributed by atoms with E-state index in [0.717, 1.165) is 24.8 Å². The van der Waals surface area contributed by atoms with Gasteiger partial charge in [0.25, 0.3) is 0 Å². The van der Waals surface area contributed by atoms with Gasteiger partial charge in [0, 0.05) is 6.04 Å². The molecule has 22 heavy (non-hydrogen) atoms. The molecule has 2 aromatic rings. The van der Waals surface area contributed by atoms with Gasteiger partial charge >= 0.3 is 0 Å². The van der Waals surface area contributed by atoms with Crippen LogP contribution in [-0.4, -0.2) is 8.42 Å². The lowest BCUT2D eigenvalue weighted by Gasteiger charge is -2.26. The third-order valence-electron chi connectivity index (χ3n) is 3.92. The van der Waals surface area contributed by atoms with E-state index in [1.807, 2.05) is 24.3 Å². The highest BCUT2D eigenvalue weighted by atomic mass is 32.2. The van der Waals surface area contributed by atoms with Crippen LogP contribution in [-0.2, 0) is 16.4 Å². The number of nitroso groups, excluding NO2 is 1. The molecule has 5 nitrogen and oxygen atoms in total. The van der Waals surface area contributed by atoms with Crippen LogP contribution in [0.2, 0.25) is 0 Å². The molecule has 1 unspecified atom stereocenters. The van der Waals surface area contributed by atoms with Crippen molar-refractivity contribution in [2.45, 2.75) is 30.2 Å². The number of nitrogens with zero attached hydrogens (tertiary/aromatic N) is 1. The fourth-order valence-electron chi connectivity index (χ4n) is 2.82. The Morgan fingerprint density at radius 3 is 2.50 bits per heavy atom. The zero-order valence-electron chi connectivity index (χ0n) is 11.9. The monoisotopic (exact) mass is 316 g/mol. The number of nitrogens with one attached hydrogen (secondary N) is 1. The minimum atomic E-state index is -3.62. The Hall–Kier alpha value is -2.05. The van der Waals surface area contributed by atoms with Crippen molar-refractivity contribution in [1.29, 1.82) is 0 Å². The van der Waals surface area contributed by atoms with E-state index in [-0.39, 0.29) is 16.6 Å². The predicted molar refractivity (Wildman–Crippen MR) is 84.3 cm³/mol. The highest BCUT2D eigenvalue weighted by Gasteiger charge is 2.25. The molecule has 1 N–H and O–H groups in total. The number of hydrogen-bond donors (Lipinski definition) is 1. The fourth-order valence-corrected chi connectivity index (χ4v) is 4.07. The Kier molecular flexibility index (Phi) is 4.04. The van der Waals surface area contributed by atoms with Gasteiger partial charge in [-0.1, -0.05) is 24.3 Å². The van der Waals surface area contributed by atoms with Crippen LogP contribution < -0.4 is 4.72 Å². The Morgan fingerprint density at radius 2 is 1.77 bits per heavy atom. The molecule has 0 saturated heterocycles. The maximum Gasteiger partial charge on any atom is 0.241 e. The van der Waals surface area contributed by atoms with Gasteiger partial charge in [-0.25, -0.2) is 13.1 Å². The minimum Gasteiger partial charge on any atom is -0.207 e. The topological polar surface area (TPSA) is 75.6 Å². The SMILES string of the molecule is O=Nc1ccc(S(=O)(=O)NC2CCCc3ccccc32)cc1. The predicted octanol–water partition coefficient (Wildman–Crippen LogP) is 3.44. The lowest BCUT2D eigenvalue weighted by Crippen LogP contribution is -2.31. The van der Waals surface area contributed by atoms with Gasteiger partial charge < -0.3 is 0 Å². The first kappa shape index (κ1) is 14.9. The van der Waals surface area contributed by atoms with Crippen LogP contribution in [0.25, 0.3) is 0 Å². The summed E-state index contributed by atoms with van der Waals surface area (Å²) in [7, 11) is -3.62. The summed E-state index contributed by atoms with van der Waals surface area (Å²) < 4.78 is 27.7. The van der Waals surface area contributed by atoms with Crippen LogP contribution in [0.1, 0.15) is 30.0 Å². The van der Waals surface area contributed by atoms with E-state index in [1.54, 1.807) is 0 Å². The molecular weight excluding hydrogens is 300 g/mol. The van der Waals surface area contributed by atoms with Gasteiger partial charge in [-0.3, -0.25) is 0 Å². The molecule has 1 aliphatic carbocycles. The lowest BCUT2D eigenvalue weighted by atomic mass is 9.88. The van der Waals surface area contributed by atoms with Crippen LogP contribution in [0, 0.1) is 4.91 Å². The normalized spacial score (nSPS) is 17.7. The third-order valence-corrected chi connectivity index (χ3v) is 5.41. The first-order chi connectivity index (χ1) is 10.6. The quantitative estimate of drug-likeness (QED) is 0.878. The number of rotatable bonds is 4. The number of hydrogen-bond acceptors (Lipinski definition) is 4. The summed E-state index contributed by atoms with van der Waals surface area (Å²) in [4.78, 5) is 10.5. The molecule has 114 valence electrons. The molecule has 0 aromatic heterocycles. The Labute approximate surface area is 129 Å². The zero-order chi connectivity index (χ0) is 15.6. The van der Waals surface area contributed by atoms with Crippen molar-refractivity contribution >= 4 is 15.7 Å². The summed E-state index contributed by atoms with van der Waals surface area (Å²) in [5.74, 6) is 0. The minimum absolute atomic E-state index is 0.142. The summed E-state index contributed by atoms with van der Waals surface area (Å²) >= 11 is 0. The van der Waals surface area contributed by atoms with E-state index in [2.05, 4.69) is 9.90 Å². The summed E-state index contributed by atoms with van der Waals surface area (Å²) in [5.41, 5.74) is 2.45. The molecular formula is C16H16N2O3S. The molecule has 0 fully saturated rings. The molecule has 0 aliphatic heterocycles. The van der Waals surface area contributed by atoms with E-state index >= 15 is 0 Å². The summed E-state index contributed by atoms with van der Waals surface area (Å²) in [6, 6.07) is 13.3. The highest BCUT2D eigenvalue weighted by Crippen LogP contribution is 2.31. The number of benzene rings is 2. The maximum absolute atomic E-state index is 12.5. The number of sulfonamides is 1. The average molecular weight is 316 g/mol. The molecule has 0 heterocycles. The molecule has 3 rings (SSSR count). The van der Waals surface area contributed by atoms with E-state index in [9.17, 15) is 13.3 Å². The van der Waals surface area contributed by atoms with Crippen molar-refractivity contribution in [3.8, 4) is 0 Å². The summed E-state index contributed by atoms with van der Waals surface area (Å²) in [6.07, 6.45) is 2.72. The molecule has 6 heteroatoms. The first-order valence-corrected chi connectivity index (χ1v) is 8.62. The first-order valence-electron chi connectivity index (χ1n) is 7.14. The van der Waals surface area contributed by atoms with Gasteiger partial charge in [-0.2, -0.15) is 0 Å². The van der Waals surface area contributed by atoms with E-state index in [4.69, 9.17) is 0 Å². The maximum atomic E-state index is 12.5. The van der Waals surface area contributed by atoms with E-state index < -0.39 is 10.0 Å². The molecule has 0 saturated carbocycles. The van der Waals surface area contributed by atoms with Crippen molar-refractivity contribution in [3.05, 3.63) is 64.6 Å². The Morgan fingerprint density at radius 1 is 1.05 bits per heavy atom. The standard InChI is InChI=1S/C16H16N2O3S/c19-17-13-8-10-14(11-9-13)22(20,21)18-16-7-3-5-12-4-1-2-6-15(12)16/h1-2,4,6,8-11,16,18H,3,5,7H2. The van der Waals surface area contributed by atoms with Gasteiger partial charge in [-0.05, 0) is 59.8 Å². The zero-order valence-corrected chi connectivity index (χ0v) is 12.7. The fraction of sp³-hybridized carbons (Fsp3) is 0.250. The van der Waals surface area contributed by atoms with Crippen LogP contribution in [0.5, 0.6) is 0 Å². The van der Waals surface area contributed by atoms with Gasteiger partial charge in [0.1, 0.15) is 5.69 Å². The molecule has 0 radical (unpaired) electrons. The largest absolute Gasteiger partial charge is 0.241 e. The van der Waals surface area contributed by atoms with Gasteiger partial charge in [-0.15, -0.1) is 4.91 Å². The van der Waals surface area contributed by atoms with Crippen LogP contribution >= 0.6 is 0 Å².